The standard InChI is InChI=1S/C15H25.C5H5.2CH3.H2Si.Zr/c1-5-7-9-14-12(3)11-13(4)15(14)10-8-6-2;1-2-4-5-3-1;;;;/h12H,5-10H2,1-4H3;1-3H,4H2;2*1H3;1H2;/q4*-1;;. The Morgan fingerprint density at radius 1 is 1.12 bits per heavy atom. The zero-order chi connectivity index (χ0) is 16.8. The molecule has 24 heavy (non-hydrogen) atoms. The summed E-state index contributed by atoms with van der Waals surface area (Å²) >= 11 is 1.58. The second-order valence-corrected chi connectivity index (χ2v) is 5.70. The fraction of sp³-hybridized carbons (Fsp3) is 0.545. The Balaban J connectivity index is -0.000000415. The van der Waals surface area contributed by atoms with Crippen LogP contribution in [0.4, 0.5) is 0 Å². The van der Waals surface area contributed by atoms with Crippen LogP contribution in [-0.4, -0.2) is 6.88 Å². The summed E-state index contributed by atoms with van der Waals surface area (Å²) in [5, 5.41) is 0. The van der Waals surface area contributed by atoms with E-state index in [1.807, 2.05) is 19.0 Å². The molecule has 0 aromatic rings. The molecular weight excluding hydrogens is 384 g/mol. The van der Waals surface area contributed by atoms with Gasteiger partial charge in [0.05, 0.1) is 0 Å². The number of allylic oxidation sites excluding steroid dienone is 8. The molecule has 0 nitrogen and oxygen atoms in total. The summed E-state index contributed by atoms with van der Waals surface area (Å²) in [4.78, 5) is 0. The number of hydrogen-bond donors (Lipinski definition) is 0. The van der Waals surface area contributed by atoms with Gasteiger partial charge >= 0.3 is 30.2 Å². The Hall–Kier alpha value is 0.0600. The average molecular weight is 422 g/mol. The van der Waals surface area contributed by atoms with Crippen molar-refractivity contribution in [1.82, 2.24) is 0 Å². The van der Waals surface area contributed by atoms with Crippen molar-refractivity contribution < 1.29 is 23.3 Å². The molecule has 0 heterocycles. The van der Waals surface area contributed by atoms with Gasteiger partial charge in [-0.3, -0.25) is 12.2 Å². The van der Waals surface area contributed by atoms with E-state index in [9.17, 15) is 0 Å². The third-order valence-electron chi connectivity index (χ3n) is 3.96. The Morgan fingerprint density at radius 2 is 1.71 bits per heavy atom. The van der Waals surface area contributed by atoms with E-state index in [-0.39, 0.29) is 14.9 Å². The van der Waals surface area contributed by atoms with Crippen LogP contribution in [0.1, 0.15) is 72.6 Å². The summed E-state index contributed by atoms with van der Waals surface area (Å²) < 4.78 is 0. The van der Waals surface area contributed by atoms with Crippen molar-refractivity contribution in [3.8, 4) is 0 Å². The van der Waals surface area contributed by atoms with Crippen LogP contribution < -0.4 is 0 Å². The van der Waals surface area contributed by atoms with E-state index in [1.165, 1.54) is 44.1 Å². The van der Waals surface area contributed by atoms with Crippen molar-refractivity contribution in [2.24, 2.45) is 5.92 Å². The minimum atomic E-state index is 0. The van der Waals surface area contributed by atoms with Gasteiger partial charge in [0.1, 0.15) is 0 Å². The first kappa shape index (κ1) is 28.8. The SMILES string of the molecule is CCCCC1=C(CCCC)C(C)[C-]=C1C.[C-]1=CC=CC1.[CH3-].[CH3-].[SiH2]=[Zr]. The van der Waals surface area contributed by atoms with Gasteiger partial charge in [-0.05, 0) is 6.42 Å². The fourth-order valence-electron chi connectivity index (χ4n) is 2.78. The van der Waals surface area contributed by atoms with Gasteiger partial charge in [-0.15, -0.1) is 6.42 Å². The van der Waals surface area contributed by atoms with Crippen molar-refractivity contribution in [1.29, 1.82) is 0 Å². The molecule has 2 aliphatic carbocycles. The van der Waals surface area contributed by atoms with E-state index >= 15 is 0 Å². The van der Waals surface area contributed by atoms with E-state index in [0.717, 1.165) is 6.42 Å². The van der Waals surface area contributed by atoms with Crippen molar-refractivity contribution in [2.75, 3.05) is 0 Å². The molecule has 0 aromatic heterocycles. The second-order valence-electron chi connectivity index (χ2n) is 5.70. The van der Waals surface area contributed by atoms with Gasteiger partial charge < -0.3 is 14.9 Å². The maximum atomic E-state index is 3.58. The summed E-state index contributed by atoms with van der Waals surface area (Å²) in [5.41, 5.74) is 4.75. The number of rotatable bonds is 6. The molecule has 138 valence electrons. The van der Waals surface area contributed by atoms with Crippen molar-refractivity contribution in [2.45, 2.75) is 72.6 Å². The van der Waals surface area contributed by atoms with Crippen LogP contribution in [0.15, 0.2) is 34.9 Å². The zero-order valence-electron chi connectivity index (χ0n) is 17.0. The normalized spacial score (nSPS) is 17.0. The van der Waals surface area contributed by atoms with Crippen LogP contribution in [0.25, 0.3) is 0 Å². The van der Waals surface area contributed by atoms with Crippen LogP contribution in [0.5, 0.6) is 0 Å². The van der Waals surface area contributed by atoms with Gasteiger partial charge in [0.15, 0.2) is 0 Å². The predicted molar refractivity (Wildman–Crippen MR) is 111 cm³/mol. The van der Waals surface area contributed by atoms with Crippen LogP contribution in [-0.2, 0) is 23.3 Å². The van der Waals surface area contributed by atoms with Gasteiger partial charge in [-0.25, -0.2) is 17.7 Å². The molecular formula is C22H38SiZr-4. The zero-order valence-corrected chi connectivity index (χ0v) is 20.8. The maximum absolute atomic E-state index is 3.58. The fourth-order valence-corrected chi connectivity index (χ4v) is 2.78. The molecule has 0 amide bonds. The van der Waals surface area contributed by atoms with E-state index in [1.54, 1.807) is 34.5 Å². The predicted octanol–water partition coefficient (Wildman–Crippen LogP) is 6.35. The molecule has 2 aliphatic rings. The summed E-state index contributed by atoms with van der Waals surface area (Å²) in [6.45, 7) is 11.0. The first-order valence-electron chi connectivity index (χ1n) is 8.60. The molecule has 0 fully saturated rings. The Kier molecular flexibility index (Phi) is 23.3. The number of hydrogen-bond acceptors (Lipinski definition) is 0. The molecule has 1 atom stereocenters. The molecule has 0 bridgehead atoms. The van der Waals surface area contributed by atoms with Crippen molar-refractivity contribution in [3.05, 3.63) is 62.0 Å². The Labute approximate surface area is 170 Å². The summed E-state index contributed by atoms with van der Waals surface area (Å²) in [7, 11) is 0. The van der Waals surface area contributed by atoms with Gasteiger partial charge in [-0.1, -0.05) is 65.7 Å². The average Bonchev–Trinajstić information content (AvgIpc) is 3.18. The van der Waals surface area contributed by atoms with Crippen LogP contribution in [0.3, 0.4) is 0 Å². The minimum absolute atomic E-state index is 0. The van der Waals surface area contributed by atoms with E-state index in [2.05, 4.69) is 45.9 Å². The Morgan fingerprint density at radius 3 is 2.12 bits per heavy atom. The third-order valence-corrected chi connectivity index (χ3v) is 3.96. The second kappa shape index (κ2) is 19.4. The molecule has 0 saturated heterocycles. The topological polar surface area (TPSA) is 0 Å². The molecule has 1 unspecified atom stereocenters. The molecule has 2 heteroatoms. The molecule has 2 rings (SSSR count). The van der Waals surface area contributed by atoms with Gasteiger partial charge in [0, 0.05) is 0 Å². The molecule has 0 N–H and O–H groups in total. The van der Waals surface area contributed by atoms with Crippen LogP contribution in [0, 0.1) is 32.9 Å². The molecule has 0 radical (unpaired) electrons. The van der Waals surface area contributed by atoms with E-state index in [0.29, 0.717) is 5.92 Å². The molecule has 0 spiro atoms. The number of unbranched alkanes of at least 4 members (excludes halogenated alkanes) is 2. The van der Waals surface area contributed by atoms with Crippen LogP contribution >= 0.6 is 0 Å². The molecule has 0 saturated carbocycles. The first-order valence-corrected chi connectivity index (χ1v) is 14.5. The van der Waals surface area contributed by atoms with E-state index in [4.69, 9.17) is 0 Å². The Bertz CT molecular complexity index is 406. The summed E-state index contributed by atoms with van der Waals surface area (Å²) in [5.74, 6) is 0.586. The quantitative estimate of drug-likeness (QED) is 0.346. The van der Waals surface area contributed by atoms with Gasteiger partial charge in [0.2, 0.25) is 0 Å². The van der Waals surface area contributed by atoms with Crippen LogP contribution in [0.2, 0.25) is 0 Å². The monoisotopic (exact) mass is 420 g/mol. The van der Waals surface area contributed by atoms with Gasteiger partial charge in [-0.2, -0.15) is 17.2 Å². The molecule has 0 aromatic carbocycles. The first-order chi connectivity index (χ1) is 10.7. The third kappa shape index (κ3) is 11.6. The molecule has 0 aliphatic heterocycles. The van der Waals surface area contributed by atoms with Gasteiger partial charge in [0.25, 0.3) is 0 Å². The van der Waals surface area contributed by atoms with Crippen molar-refractivity contribution in [3.63, 3.8) is 0 Å². The summed E-state index contributed by atoms with van der Waals surface area (Å²) in [6.07, 6.45) is 21.4. The van der Waals surface area contributed by atoms with E-state index < -0.39 is 0 Å². The summed E-state index contributed by atoms with van der Waals surface area (Å²) in [6, 6.07) is 0. The van der Waals surface area contributed by atoms with Crippen molar-refractivity contribution >= 4 is 6.88 Å².